The summed E-state index contributed by atoms with van der Waals surface area (Å²) in [7, 11) is 0. The fourth-order valence-corrected chi connectivity index (χ4v) is 3.58. The Morgan fingerprint density at radius 2 is 1.94 bits per heavy atom. The maximum absolute atomic E-state index is 6.43. The molecule has 1 heterocycles. The Balaban J connectivity index is 1.84. The summed E-state index contributed by atoms with van der Waals surface area (Å²) in [5.74, 6) is 0. The summed E-state index contributed by atoms with van der Waals surface area (Å²) >= 11 is 0. The smallest absolute Gasteiger partial charge is 0.0710 e. The van der Waals surface area contributed by atoms with Crippen LogP contribution in [0.1, 0.15) is 58.8 Å². The third-order valence-electron chi connectivity index (χ3n) is 4.69. The van der Waals surface area contributed by atoms with Crippen molar-refractivity contribution in [3.63, 3.8) is 0 Å². The normalized spacial score (nSPS) is 27.5. The molecule has 1 saturated carbocycles. The SMILES string of the molecule is CC(C)N(CCN)CC1CCC2(CCCCC2)O1. The summed E-state index contributed by atoms with van der Waals surface area (Å²) < 4.78 is 6.43. The largest absolute Gasteiger partial charge is 0.370 e. The van der Waals surface area contributed by atoms with Crippen LogP contribution in [0.4, 0.5) is 0 Å². The first kappa shape index (κ1) is 14.3. The van der Waals surface area contributed by atoms with Crippen LogP contribution in [0.3, 0.4) is 0 Å². The molecular weight excluding hydrogens is 224 g/mol. The minimum absolute atomic E-state index is 0.258. The maximum Gasteiger partial charge on any atom is 0.0710 e. The van der Waals surface area contributed by atoms with Crippen LogP contribution in [0, 0.1) is 0 Å². The lowest BCUT2D eigenvalue weighted by Crippen LogP contribution is -2.41. The second-order valence-corrected chi connectivity index (χ2v) is 6.40. The minimum atomic E-state index is 0.258. The van der Waals surface area contributed by atoms with Gasteiger partial charge in [-0.2, -0.15) is 0 Å². The van der Waals surface area contributed by atoms with Crippen LogP contribution in [0.15, 0.2) is 0 Å². The molecule has 1 atom stereocenters. The van der Waals surface area contributed by atoms with Crippen molar-refractivity contribution in [1.82, 2.24) is 4.90 Å². The molecule has 0 radical (unpaired) electrons. The predicted octanol–water partition coefficient (Wildman–Crippen LogP) is 2.54. The van der Waals surface area contributed by atoms with Crippen LogP contribution in [-0.4, -0.2) is 42.3 Å². The highest BCUT2D eigenvalue weighted by molar-refractivity contribution is 4.92. The Labute approximate surface area is 112 Å². The monoisotopic (exact) mass is 254 g/mol. The van der Waals surface area contributed by atoms with Gasteiger partial charge < -0.3 is 10.5 Å². The Hall–Kier alpha value is -0.120. The van der Waals surface area contributed by atoms with Gasteiger partial charge in [0.2, 0.25) is 0 Å². The van der Waals surface area contributed by atoms with Crippen LogP contribution in [-0.2, 0) is 4.74 Å². The van der Waals surface area contributed by atoms with Gasteiger partial charge in [0, 0.05) is 25.7 Å². The number of hydrogen-bond donors (Lipinski definition) is 1. The van der Waals surface area contributed by atoms with Crippen LogP contribution in [0.25, 0.3) is 0 Å². The average Bonchev–Trinajstić information content (AvgIpc) is 2.72. The lowest BCUT2D eigenvalue weighted by molar-refractivity contribution is -0.0736. The van der Waals surface area contributed by atoms with E-state index in [0.717, 1.165) is 19.6 Å². The van der Waals surface area contributed by atoms with Gasteiger partial charge in [-0.1, -0.05) is 19.3 Å². The van der Waals surface area contributed by atoms with Gasteiger partial charge in [0.15, 0.2) is 0 Å². The molecule has 18 heavy (non-hydrogen) atoms. The van der Waals surface area contributed by atoms with E-state index in [1.807, 2.05) is 0 Å². The zero-order valence-corrected chi connectivity index (χ0v) is 12.2. The average molecular weight is 254 g/mol. The van der Waals surface area contributed by atoms with E-state index in [4.69, 9.17) is 10.5 Å². The number of nitrogens with zero attached hydrogens (tertiary/aromatic N) is 1. The molecular formula is C15H30N2O. The topological polar surface area (TPSA) is 38.5 Å². The fraction of sp³-hybridized carbons (Fsp3) is 1.00. The summed E-state index contributed by atoms with van der Waals surface area (Å²) in [4.78, 5) is 2.46. The van der Waals surface area contributed by atoms with Crippen molar-refractivity contribution < 1.29 is 4.74 Å². The first-order valence-corrected chi connectivity index (χ1v) is 7.77. The van der Waals surface area contributed by atoms with Gasteiger partial charge in [0.25, 0.3) is 0 Å². The molecule has 3 heteroatoms. The highest BCUT2D eigenvalue weighted by Crippen LogP contribution is 2.42. The van der Waals surface area contributed by atoms with E-state index >= 15 is 0 Å². The number of rotatable bonds is 5. The summed E-state index contributed by atoms with van der Waals surface area (Å²) in [5.41, 5.74) is 5.95. The van der Waals surface area contributed by atoms with Crippen molar-refractivity contribution in [2.45, 2.75) is 76.5 Å². The zero-order valence-electron chi connectivity index (χ0n) is 12.2. The Bertz CT molecular complexity index is 249. The van der Waals surface area contributed by atoms with Gasteiger partial charge in [-0.15, -0.1) is 0 Å². The van der Waals surface area contributed by atoms with Crippen LogP contribution < -0.4 is 5.73 Å². The van der Waals surface area contributed by atoms with Crippen molar-refractivity contribution in [3.8, 4) is 0 Å². The molecule has 2 N–H and O–H groups in total. The molecule has 3 nitrogen and oxygen atoms in total. The molecule has 1 aliphatic carbocycles. The summed E-state index contributed by atoms with van der Waals surface area (Å²) in [5, 5.41) is 0. The number of nitrogens with two attached hydrogens (primary N) is 1. The molecule has 2 fully saturated rings. The minimum Gasteiger partial charge on any atom is -0.370 e. The quantitative estimate of drug-likeness (QED) is 0.819. The van der Waals surface area contributed by atoms with E-state index in [1.165, 1.54) is 44.9 Å². The van der Waals surface area contributed by atoms with E-state index in [0.29, 0.717) is 12.1 Å². The van der Waals surface area contributed by atoms with Gasteiger partial charge in [-0.3, -0.25) is 4.90 Å². The Kier molecular flexibility index (Phi) is 5.05. The third kappa shape index (κ3) is 3.46. The molecule has 2 aliphatic rings. The van der Waals surface area contributed by atoms with E-state index < -0.39 is 0 Å². The van der Waals surface area contributed by atoms with Gasteiger partial charge >= 0.3 is 0 Å². The zero-order chi connectivity index (χ0) is 13.0. The molecule has 1 unspecified atom stereocenters. The molecule has 0 amide bonds. The fourth-order valence-electron chi connectivity index (χ4n) is 3.58. The second kappa shape index (κ2) is 6.36. The lowest BCUT2D eigenvalue weighted by atomic mass is 9.83. The van der Waals surface area contributed by atoms with E-state index in [2.05, 4.69) is 18.7 Å². The molecule has 0 bridgehead atoms. The molecule has 1 aliphatic heterocycles. The van der Waals surface area contributed by atoms with E-state index in [9.17, 15) is 0 Å². The van der Waals surface area contributed by atoms with Gasteiger partial charge in [-0.25, -0.2) is 0 Å². The van der Waals surface area contributed by atoms with Crippen molar-refractivity contribution in [3.05, 3.63) is 0 Å². The van der Waals surface area contributed by atoms with Crippen molar-refractivity contribution in [2.75, 3.05) is 19.6 Å². The van der Waals surface area contributed by atoms with Crippen molar-refractivity contribution >= 4 is 0 Å². The highest BCUT2D eigenvalue weighted by Gasteiger charge is 2.41. The van der Waals surface area contributed by atoms with E-state index in [-0.39, 0.29) is 5.60 Å². The number of hydrogen-bond acceptors (Lipinski definition) is 3. The van der Waals surface area contributed by atoms with Gasteiger partial charge in [0.1, 0.15) is 0 Å². The van der Waals surface area contributed by atoms with Gasteiger partial charge in [0.05, 0.1) is 11.7 Å². The first-order chi connectivity index (χ1) is 8.65. The maximum atomic E-state index is 6.43. The Morgan fingerprint density at radius 1 is 1.22 bits per heavy atom. The molecule has 1 spiro atoms. The summed E-state index contributed by atoms with van der Waals surface area (Å²) in [6, 6.07) is 0.569. The highest BCUT2D eigenvalue weighted by atomic mass is 16.5. The van der Waals surface area contributed by atoms with Crippen LogP contribution >= 0.6 is 0 Å². The third-order valence-corrected chi connectivity index (χ3v) is 4.69. The summed E-state index contributed by atoms with van der Waals surface area (Å²) in [6.07, 6.45) is 9.69. The summed E-state index contributed by atoms with van der Waals surface area (Å²) in [6.45, 7) is 7.30. The second-order valence-electron chi connectivity index (χ2n) is 6.40. The molecule has 0 aromatic heterocycles. The first-order valence-electron chi connectivity index (χ1n) is 7.77. The standard InChI is InChI=1S/C15H30N2O/c1-13(2)17(11-10-16)12-14-6-9-15(18-14)7-4-3-5-8-15/h13-14H,3-12,16H2,1-2H3. The van der Waals surface area contributed by atoms with Gasteiger partial charge in [-0.05, 0) is 39.5 Å². The number of ether oxygens (including phenoxy) is 1. The molecule has 106 valence electrons. The van der Waals surface area contributed by atoms with Crippen LogP contribution in [0.5, 0.6) is 0 Å². The van der Waals surface area contributed by atoms with E-state index in [1.54, 1.807) is 0 Å². The lowest BCUT2D eigenvalue weighted by Gasteiger charge is -2.35. The predicted molar refractivity (Wildman–Crippen MR) is 75.7 cm³/mol. The molecule has 2 rings (SSSR count). The molecule has 0 aromatic rings. The van der Waals surface area contributed by atoms with Crippen LogP contribution in [0.2, 0.25) is 0 Å². The molecule has 1 saturated heterocycles. The van der Waals surface area contributed by atoms with Crippen molar-refractivity contribution in [1.29, 1.82) is 0 Å². The Morgan fingerprint density at radius 3 is 2.56 bits per heavy atom. The van der Waals surface area contributed by atoms with Crippen molar-refractivity contribution in [2.24, 2.45) is 5.73 Å². The molecule has 0 aromatic carbocycles.